The van der Waals surface area contributed by atoms with Crippen LogP contribution in [0.1, 0.15) is 20.8 Å². The summed E-state index contributed by atoms with van der Waals surface area (Å²) in [5.41, 5.74) is 0. The molecule has 0 aromatic rings. The quantitative estimate of drug-likeness (QED) is 0.331. The van der Waals surface area contributed by atoms with E-state index in [0.717, 1.165) is 32.8 Å². The zero-order chi connectivity index (χ0) is 15.8. The Bertz CT molecular complexity index is 367. The maximum absolute atomic E-state index is 10.4. The van der Waals surface area contributed by atoms with Crippen molar-refractivity contribution >= 4 is 16.9 Å². The predicted molar refractivity (Wildman–Crippen MR) is 86.1 cm³/mol. The second kappa shape index (κ2) is 9.22. The molecule has 3 unspecified atom stereocenters. The Balaban J connectivity index is 2.46. The van der Waals surface area contributed by atoms with Gasteiger partial charge in [-0.05, 0) is 31.6 Å². The lowest BCUT2D eigenvalue weighted by Crippen LogP contribution is -2.43. The predicted octanol–water partition coefficient (Wildman–Crippen LogP) is 1.48. The number of nitro groups is 1. The molecule has 0 amide bonds. The molecule has 1 heterocycles. The first-order valence-electron chi connectivity index (χ1n) is 7.29. The number of hydrogen-bond donors (Lipinski definition) is 1. The number of thioether (sulfide) groups is 1. The zero-order valence-corrected chi connectivity index (χ0v) is 14.1. The number of nitrogens with zero attached hydrogens (tertiary/aromatic N) is 3. The van der Waals surface area contributed by atoms with Gasteiger partial charge in [-0.3, -0.25) is 0 Å². The Labute approximate surface area is 130 Å². The highest BCUT2D eigenvalue weighted by atomic mass is 32.2. The number of amidine groups is 1. The Kier molecular flexibility index (Phi) is 7.98. The molecule has 0 bridgehead atoms. The van der Waals surface area contributed by atoms with Crippen LogP contribution in [0.15, 0.2) is 5.10 Å². The van der Waals surface area contributed by atoms with Crippen molar-refractivity contribution < 1.29 is 9.77 Å². The van der Waals surface area contributed by atoms with E-state index in [0.29, 0.717) is 17.0 Å². The number of nitrogens with one attached hydrogen (secondary N) is 1. The molecular weight excluding hydrogens is 292 g/mol. The molecule has 1 saturated heterocycles. The van der Waals surface area contributed by atoms with Gasteiger partial charge in [0.1, 0.15) is 0 Å². The standard InChI is InChI=1S/C13H26N4O3S/c1-5-16(7-12-9-20-8-10(12)2)6-11(3)14-13(21-4)15-17(18)19/h10-12H,5-9H2,1-4H3,(H,14,15). The van der Waals surface area contributed by atoms with E-state index in [1.807, 2.05) is 6.92 Å². The summed E-state index contributed by atoms with van der Waals surface area (Å²) in [6, 6.07) is 0.105. The second-order valence-corrected chi connectivity index (χ2v) is 6.31. The third-order valence-corrected chi connectivity index (χ3v) is 4.31. The van der Waals surface area contributed by atoms with Gasteiger partial charge in [-0.2, -0.15) is 0 Å². The molecule has 0 spiro atoms. The molecule has 0 aliphatic carbocycles. The van der Waals surface area contributed by atoms with E-state index < -0.39 is 5.03 Å². The van der Waals surface area contributed by atoms with E-state index in [2.05, 4.69) is 29.2 Å². The molecule has 122 valence electrons. The first-order valence-corrected chi connectivity index (χ1v) is 8.52. The third kappa shape index (κ3) is 6.62. The number of likely N-dealkylation sites (N-methyl/N-ethyl adjacent to an activating group) is 1. The van der Waals surface area contributed by atoms with Gasteiger partial charge in [0.2, 0.25) is 5.17 Å². The monoisotopic (exact) mass is 318 g/mol. The van der Waals surface area contributed by atoms with Crippen molar-refractivity contribution in [1.82, 2.24) is 10.2 Å². The molecule has 0 radical (unpaired) electrons. The summed E-state index contributed by atoms with van der Waals surface area (Å²) in [6.45, 7) is 10.8. The molecule has 21 heavy (non-hydrogen) atoms. The summed E-state index contributed by atoms with van der Waals surface area (Å²) in [5, 5.41) is 16.6. The summed E-state index contributed by atoms with van der Waals surface area (Å²) >= 11 is 1.25. The molecular formula is C13H26N4O3S. The molecule has 8 heteroatoms. The minimum absolute atomic E-state index is 0.105. The van der Waals surface area contributed by atoms with Crippen LogP contribution in [0.2, 0.25) is 0 Å². The van der Waals surface area contributed by atoms with Gasteiger partial charge in [0, 0.05) is 25.7 Å². The Morgan fingerprint density at radius 2 is 2.33 bits per heavy atom. The lowest BCUT2D eigenvalue weighted by molar-refractivity contribution is -0.484. The smallest absolute Gasteiger partial charge is 0.235 e. The van der Waals surface area contributed by atoms with Crippen LogP contribution in [0, 0.1) is 22.0 Å². The topological polar surface area (TPSA) is 80.0 Å². The fourth-order valence-electron chi connectivity index (χ4n) is 2.45. The van der Waals surface area contributed by atoms with Gasteiger partial charge in [0.15, 0.2) is 5.03 Å². The van der Waals surface area contributed by atoms with Crippen LogP contribution in [0.5, 0.6) is 0 Å². The van der Waals surface area contributed by atoms with Crippen molar-refractivity contribution in [3.05, 3.63) is 10.1 Å². The average Bonchev–Trinajstić information content (AvgIpc) is 2.82. The molecule has 1 N–H and O–H groups in total. The summed E-state index contributed by atoms with van der Waals surface area (Å²) in [7, 11) is 0. The van der Waals surface area contributed by atoms with E-state index in [1.54, 1.807) is 6.26 Å². The minimum atomic E-state index is -0.666. The van der Waals surface area contributed by atoms with E-state index in [-0.39, 0.29) is 6.04 Å². The van der Waals surface area contributed by atoms with Crippen LogP contribution in [0.3, 0.4) is 0 Å². The third-order valence-electron chi connectivity index (χ3n) is 3.73. The molecule has 1 fully saturated rings. The molecule has 3 atom stereocenters. The fraction of sp³-hybridized carbons (Fsp3) is 0.923. The largest absolute Gasteiger partial charge is 0.381 e. The minimum Gasteiger partial charge on any atom is -0.381 e. The highest BCUT2D eigenvalue weighted by Gasteiger charge is 2.26. The summed E-state index contributed by atoms with van der Waals surface area (Å²) in [6.07, 6.45) is 1.77. The zero-order valence-electron chi connectivity index (χ0n) is 13.2. The van der Waals surface area contributed by atoms with Crippen LogP contribution in [-0.4, -0.2) is 60.2 Å². The van der Waals surface area contributed by atoms with Gasteiger partial charge in [-0.15, -0.1) is 0 Å². The van der Waals surface area contributed by atoms with Gasteiger partial charge in [-0.25, -0.2) is 10.1 Å². The molecule has 0 aromatic heterocycles. The maximum Gasteiger partial charge on any atom is 0.235 e. The van der Waals surface area contributed by atoms with Crippen molar-refractivity contribution in [2.24, 2.45) is 16.9 Å². The van der Waals surface area contributed by atoms with Crippen molar-refractivity contribution in [3.8, 4) is 0 Å². The SMILES string of the molecule is CCN(CC(C)NC(=N[N+](=O)[O-])SC)CC1COCC1C. The van der Waals surface area contributed by atoms with Crippen molar-refractivity contribution in [2.45, 2.75) is 26.8 Å². The van der Waals surface area contributed by atoms with Gasteiger partial charge >= 0.3 is 0 Å². The van der Waals surface area contributed by atoms with Gasteiger partial charge in [0.05, 0.1) is 11.7 Å². The molecule has 7 nitrogen and oxygen atoms in total. The van der Waals surface area contributed by atoms with Crippen LogP contribution >= 0.6 is 11.8 Å². The number of hydrazone groups is 1. The second-order valence-electron chi connectivity index (χ2n) is 5.52. The van der Waals surface area contributed by atoms with E-state index in [1.165, 1.54) is 11.8 Å². The summed E-state index contributed by atoms with van der Waals surface area (Å²) in [5.74, 6) is 1.17. The fourth-order valence-corrected chi connectivity index (χ4v) is 2.92. The lowest BCUT2D eigenvalue weighted by atomic mass is 9.97. The summed E-state index contributed by atoms with van der Waals surface area (Å²) in [4.78, 5) is 12.8. The maximum atomic E-state index is 10.4. The highest BCUT2D eigenvalue weighted by molar-refractivity contribution is 8.13. The van der Waals surface area contributed by atoms with Crippen molar-refractivity contribution in [2.75, 3.05) is 39.1 Å². The van der Waals surface area contributed by atoms with Crippen LogP contribution in [-0.2, 0) is 4.74 Å². The van der Waals surface area contributed by atoms with Crippen LogP contribution in [0.25, 0.3) is 0 Å². The van der Waals surface area contributed by atoms with Crippen molar-refractivity contribution in [1.29, 1.82) is 0 Å². The first-order chi connectivity index (χ1) is 9.96. The lowest BCUT2D eigenvalue weighted by Gasteiger charge is -2.28. The van der Waals surface area contributed by atoms with Gasteiger partial charge < -0.3 is 15.0 Å². The van der Waals surface area contributed by atoms with E-state index >= 15 is 0 Å². The number of ether oxygens (including phenoxy) is 1. The molecule has 1 aliphatic heterocycles. The van der Waals surface area contributed by atoms with E-state index in [4.69, 9.17) is 4.74 Å². The summed E-state index contributed by atoms with van der Waals surface area (Å²) < 4.78 is 5.51. The number of rotatable bonds is 7. The first kappa shape index (κ1) is 18.2. The van der Waals surface area contributed by atoms with Crippen molar-refractivity contribution in [3.63, 3.8) is 0 Å². The van der Waals surface area contributed by atoms with E-state index in [9.17, 15) is 10.1 Å². The van der Waals surface area contributed by atoms with Gasteiger partial charge in [-0.1, -0.05) is 25.6 Å². The number of hydrogen-bond acceptors (Lipinski definition) is 5. The Hall–Kier alpha value is -0.860. The molecule has 0 saturated carbocycles. The van der Waals surface area contributed by atoms with Gasteiger partial charge in [0.25, 0.3) is 0 Å². The molecule has 0 aromatic carbocycles. The Morgan fingerprint density at radius 1 is 1.62 bits per heavy atom. The van der Waals surface area contributed by atoms with Crippen LogP contribution in [0.4, 0.5) is 0 Å². The average molecular weight is 318 g/mol. The van der Waals surface area contributed by atoms with Crippen LogP contribution < -0.4 is 5.32 Å². The molecule has 1 aliphatic rings. The Morgan fingerprint density at radius 3 is 2.81 bits per heavy atom. The normalized spacial score (nSPS) is 24.3. The highest BCUT2D eigenvalue weighted by Crippen LogP contribution is 2.21. The molecule has 1 rings (SSSR count).